The molecule has 0 saturated carbocycles. The third kappa shape index (κ3) is 4.18. The van der Waals surface area contributed by atoms with Gasteiger partial charge in [-0.05, 0) is 32.0 Å². The van der Waals surface area contributed by atoms with E-state index in [2.05, 4.69) is 26.0 Å². The third-order valence-electron chi connectivity index (χ3n) is 2.69. The number of hydrogen-bond donors (Lipinski definition) is 0. The summed E-state index contributed by atoms with van der Waals surface area (Å²) in [6, 6.07) is 8.16. The van der Waals surface area contributed by atoms with Crippen LogP contribution in [0.4, 0.5) is 0 Å². The van der Waals surface area contributed by atoms with Crippen LogP contribution in [0, 0.1) is 0 Å². The number of rotatable bonds is 6. The van der Waals surface area contributed by atoms with Crippen molar-refractivity contribution in [3.05, 3.63) is 40.9 Å². The average molecular weight is 354 g/mol. The Morgan fingerprint density at radius 1 is 1.45 bits per heavy atom. The number of hydrogen-bond acceptors (Lipinski definition) is 4. The summed E-state index contributed by atoms with van der Waals surface area (Å²) >= 11 is 4.97. The molecular weight excluding hydrogens is 338 g/mol. The van der Waals surface area contributed by atoms with E-state index in [1.165, 1.54) is 6.33 Å². The standard InChI is InChI=1S/C14H16BrN3OS/c1-10(2)18-14(16-9-17-18)7-12(19)8-20-13-5-3-4-11(15)6-13/h3-6,9-10H,7-8H2,1-2H3. The molecule has 0 fully saturated rings. The van der Waals surface area contributed by atoms with Crippen LogP contribution in [0.15, 0.2) is 40.0 Å². The molecule has 106 valence electrons. The summed E-state index contributed by atoms with van der Waals surface area (Å²) < 4.78 is 2.82. The van der Waals surface area contributed by atoms with E-state index in [0.717, 1.165) is 15.2 Å². The zero-order chi connectivity index (χ0) is 14.5. The number of nitrogens with zero attached hydrogens (tertiary/aromatic N) is 3. The summed E-state index contributed by atoms with van der Waals surface area (Å²) in [5, 5.41) is 4.14. The Kier molecular flexibility index (Phi) is 5.37. The Morgan fingerprint density at radius 3 is 2.95 bits per heavy atom. The smallest absolute Gasteiger partial charge is 0.150 e. The van der Waals surface area contributed by atoms with Crippen molar-refractivity contribution in [1.29, 1.82) is 0 Å². The Morgan fingerprint density at radius 2 is 2.25 bits per heavy atom. The summed E-state index contributed by atoms with van der Waals surface area (Å²) in [4.78, 5) is 17.3. The van der Waals surface area contributed by atoms with Crippen LogP contribution in [0.2, 0.25) is 0 Å². The maximum atomic E-state index is 12.0. The highest BCUT2D eigenvalue weighted by atomic mass is 79.9. The number of Topliss-reactive ketones (excluding diaryl/α,β-unsaturated/α-hetero) is 1. The molecule has 0 aliphatic carbocycles. The first kappa shape index (κ1) is 15.3. The fraction of sp³-hybridized carbons (Fsp3) is 0.357. The largest absolute Gasteiger partial charge is 0.298 e. The SMILES string of the molecule is CC(C)n1ncnc1CC(=O)CSc1cccc(Br)c1. The van der Waals surface area contributed by atoms with Gasteiger partial charge < -0.3 is 0 Å². The second-order valence-electron chi connectivity index (χ2n) is 4.68. The fourth-order valence-corrected chi connectivity index (χ4v) is 3.15. The molecule has 1 heterocycles. The van der Waals surface area contributed by atoms with Gasteiger partial charge in [-0.3, -0.25) is 4.79 Å². The van der Waals surface area contributed by atoms with Gasteiger partial charge in [0.05, 0.1) is 12.2 Å². The minimum atomic E-state index is 0.157. The number of ketones is 1. The predicted molar refractivity (Wildman–Crippen MR) is 84.0 cm³/mol. The lowest BCUT2D eigenvalue weighted by Gasteiger charge is -2.08. The van der Waals surface area contributed by atoms with Crippen molar-refractivity contribution in [2.75, 3.05) is 5.75 Å². The molecule has 4 nitrogen and oxygen atoms in total. The van der Waals surface area contributed by atoms with Gasteiger partial charge in [0.15, 0.2) is 5.78 Å². The summed E-state index contributed by atoms with van der Waals surface area (Å²) in [5.74, 6) is 1.34. The van der Waals surface area contributed by atoms with Crippen molar-refractivity contribution in [3.8, 4) is 0 Å². The van der Waals surface area contributed by atoms with Gasteiger partial charge in [0.1, 0.15) is 12.2 Å². The van der Waals surface area contributed by atoms with Crippen LogP contribution in [0.3, 0.4) is 0 Å². The molecule has 0 aliphatic heterocycles. The van der Waals surface area contributed by atoms with E-state index >= 15 is 0 Å². The summed E-state index contributed by atoms with van der Waals surface area (Å²) in [6.45, 7) is 4.05. The minimum Gasteiger partial charge on any atom is -0.298 e. The zero-order valence-electron chi connectivity index (χ0n) is 11.4. The molecule has 0 aliphatic rings. The summed E-state index contributed by atoms with van der Waals surface area (Å²) in [7, 11) is 0. The Hall–Kier alpha value is -1.14. The monoisotopic (exact) mass is 353 g/mol. The summed E-state index contributed by atoms with van der Waals surface area (Å²) in [6.07, 6.45) is 1.84. The van der Waals surface area contributed by atoms with Crippen LogP contribution in [0.1, 0.15) is 25.7 Å². The number of aromatic nitrogens is 3. The van der Waals surface area contributed by atoms with Crippen molar-refractivity contribution in [3.63, 3.8) is 0 Å². The van der Waals surface area contributed by atoms with Crippen LogP contribution >= 0.6 is 27.7 Å². The lowest BCUT2D eigenvalue weighted by Crippen LogP contribution is -2.14. The first-order valence-corrected chi connectivity index (χ1v) is 8.12. The maximum absolute atomic E-state index is 12.0. The van der Waals surface area contributed by atoms with Gasteiger partial charge in [-0.2, -0.15) is 5.10 Å². The molecule has 20 heavy (non-hydrogen) atoms. The third-order valence-corrected chi connectivity index (χ3v) is 4.23. The molecule has 0 saturated heterocycles. The van der Waals surface area contributed by atoms with E-state index in [9.17, 15) is 4.79 Å². The lowest BCUT2D eigenvalue weighted by molar-refractivity contribution is -0.116. The molecule has 0 spiro atoms. The van der Waals surface area contributed by atoms with E-state index < -0.39 is 0 Å². The molecule has 1 aromatic carbocycles. The van der Waals surface area contributed by atoms with Gasteiger partial charge >= 0.3 is 0 Å². The van der Waals surface area contributed by atoms with Crippen molar-refractivity contribution in [2.45, 2.75) is 31.2 Å². The normalized spacial score (nSPS) is 11.0. The quantitative estimate of drug-likeness (QED) is 0.745. The Labute approximate surface area is 131 Å². The predicted octanol–water partition coefficient (Wildman–Crippen LogP) is 3.53. The van der Waals surface area contributed by atoms with Gasteiger partial charge in [-0.25, -0.2) is 9.67 Å². The Balaban J connectivity index is 1.91. The highest BCUT2D eigenvalue weighted by Crippen LogP contribution is 2.22. The second kappa shape index (κ2) is 7.04. The number of carbonyl (C=O) groups excluding carboxylic acids is 1. The van der Waals surface area contributed by atoms with Crippen LogP contribution in [-0.2, 0) is 11.2 Å². The fourth-order valence-electron chi connectivity index (χ4n) is 1.78. The van der Waals surface area contributed by atoms with E-state index in [0.29, 0.717) is 12.2 Å². The van der Waals surface area contributed by atoms with E-state index in [1.807, 2.05) is 38.1 Å². The first-order chi connectivity index (χ1) is 9.56. The van der Waals surface area contributed by atoms with Crippen molar-refractivity contribution >= 4 is 33.5 Å². The van der Waals surface area contributed by atoms with Crippen LogP contribution in [-0.4, -0.2) is 26.3 Å². The topological polar surface area (TPSA) is 47.8 Å². The van der Waals surface area contributed by atoms with Gasteiger partial charge in [-0.15, -0.1) is 11.8 Å². The molecule has 0 unspecified atom stereocenters. The highest BCUT2D eigenvalue weighted by molar-refractivity contribution is 9.10. The maximum Gasteiger partial charge on any atom is 0.150 e. The van der Waals surface area contributed by atoms with Crippen molar-refractivity contribution in [1.82, 2.24) is 14.8 Å². The summed E-state index contributed by atoms with van der Waals surface area (Å²) in [5.41, 5.74) is 0. The molecule has 2 aromatic rings. The first-order valence-electron chi connectivity index (χ1n) is 6.34. The van der Waals surface area contributed by atoms with Crippen LogP contribution in [0.5, 0.6) is 0 Å². The van der Waals surface area contributed by atoms with E-state index in [-0.39, 0.29) is 11.8 Å². The molecule has 0 amide bonds. The van der Waals surface area contributed by atoms with E-state index in [4.69, 9.17) is 0 Å². The van der Waals surface area contributed by atoms with Gasteiger partial charge in [0.25, 0.3) is 0 Å². The molecule has 0 N–H and O–H groups in total. The van der Waals surface area contributed by atoms with Crippen molar-refractivity contribution < 1.29 is 4.79 Å². The van der Waals surface area contributed by atoms with Gasteiger partial charge in [-0.1, -0.05) is 22.0 Å². The van der Waals surface area contributed by atoms with E-state index in [1.54, 1.807) is 16.4 Å². The second-order valence-corrected chi connectivity index (χ2v) is 6.64. The van der Waals surface area contributed by atoms with Crippen LogP contribution < -0.4 is 0 Å². The molecule has 2 rings (SSSR count). The number of carbonyl (C=O) groups is 1. The average Bonchev–Trinajstić information content (AvgIpc) is 2.85. The molecule has 6 heteroatoms. The Bertz CT molecular complexity index is 598. The molecule has 1 aromatic heterocycles. The lowest BCUT2D eigenvalue weighted by atomic mass is 10.3. The molecule has 0 bridgehead atoms. The van der Waals surface area contributed by atoms with Gasteiger partial charge in [0, 0.05) is 15.4 Å². The minimum absolute atomic E-state index is 0.157. The zero-order valence-corrected chi connectivity index (χ0v) is 13.8. The van der Waals surface area contributed by atoms with Crippen molar-refractivity contribution in [2.24, 2.45) is 0 Å². The number of benzene rings is 1. The number of halogens is 1. The number of thioether (sulfide) groups is 1. The molecule has 0 atom stereocenters. The highest BCUT2D eigenvalue weighted by Gasteiger charge is 2.12. The van der Waals surface area contributed by atoms with Crippen LogP contribution in [0.25, 0.3) is 0 Å². The molecular formula is C14H16BrN3OS. The van der Waals surface area contributed by atoms with Gasteiger partial charge in [0.2, 0.25) is 0 Å². The molecule has 0 radical (unpaired) electrons.